The van der Waals surface area contributed by atoms with Gasteiger partial charge in [-0.3, -0.25) is 0 Å². The van der Waals surface area contributed by atoms with Crippen LogP contribution in [0.1, 0.15) is 56.4 Å². The summed E-state index contributed by atoms with van der Waals surface area (Å²) in [6, 6.07) is 4.62. The van der Waals surface area contributed by atoms with Crippen LogP contribution >= 0.6 is 0 Å². The minimum Gasteiger partial charge on any atom is -0.0627 e. The highest BCUT2D eigenvalue weighted by Gasteiger charge is 2.25. The lowest BCUT2D eigenvalue weighted by Gasteiger charge is -2.31. The molecule has 0 fully saturated rings. The molecule has 0 heteroatoms. The van der Waals surface area contributed by atoms with Gasteiger partial charge in [0, 0.05) is 0 Å². The second-order valence-corrected chi connectivity index (χ2v) is 6.26. The van der Waals surface area contributed by atoms with Gasteiger partial charge in [-0.2, -0.15) is 0 Å². The predicted molar refractivity (Wildman–Crippen MR) is 73.1 cm³/mol. The maximum atomic E-state index is 2.37. The zero-order chi connectivity index (χ0) is 12.5. The molecule has 1 aromatic rings. The Bertz CT molecular complexity index is 347. The van der Waals surface area contributed by atoms with Gasteiger partial charge in [0.05, 0.1) is 0 Å². The quantitative estimate of drug-likeness (QED) is 0.674. The summed E-state index contributed by atoms with van der Waals surface area (Å²) in [5.74, 6) is 0.745. The molecule has 16 heavy (non-hydrogen) atoms. The maximum Gasteiger partial charge on any atom is -0.00959 e. The van der Waals surface area contributed by atoms with E-state index < -0.39 is 0 Å². The summed E-state index contributed by atoms with van der Waals surface area (Å²) in [7, 11) is 0. The lowest BCUT2D eigenvalue weighted by molar-refractivity contribution is 0.396. The van der Waals surface area contributed by atoms with Gasteiger partial charge in [0.25, 0.3) is 0 Å². The molecule has 0 heterocycles. The Morgan fingerprint density at radius 1 is 1.00 bits per heavy atom. The van der Waals surface area contributed by atoms with Gasteiger partial charge in [0.15, 0.2) is 0 Å². The van der Waals surface area contributed by atoms with Crippen molar-refractivity contribution in [2.24, 2.45) is 5.92 Å². The number of hydrogen-bond acceptors (Lipinski definition) is 0. The number of rotatable bonds is 3. The summed E-state index contributed by atoms with van der Waals surface area (Å²) in [5.41, 5.74) is 6.10. The number of aryl methyl sites for hydroxylation is 3. The highest BCUT2D eigenvalue weighted by Crippen LogP contribution is 2.35. The average molecular weight is 218 g/mol. The van der Waals surface area contributed by atoms with Gasteiger partial charge >= 0.3 is 0 Å². The van der Waals surface area contributed by atoms with E-state index in [4.69, 9.17) is 0 Å². The van der Waals surface area contributed by atoms with Crippen molar-refractivity contribution >= 4 is 0 Å². The van der Waals surface area contributed by atoms with Crippen LogP contribution in [0.15, 0.2) is 12.1 Å². The summed E-state index contributed by atoms with van der Waals surface area (Å²) in [4.78, 5) is 0. The fourth-order valence-corrected chi connectivity index (χ4v) is 3.37. The van der Waals surface area contributed by atoms with E-state index in [1.165, 1.54) is 23.1 Å². The monoisotopic (exact) mass is 218 g/mol. The van der Waals surface area contributed by atoms with E-state index >= 15 is 0 Å². The molecular weight excluding hydrogens is 192 g/mol. The van der Waals surface area contributed by atoms with Crippen LogP contribution in [0.3, 0.4) is 0 Å². The average Bonchev–Trinajstić information content (AvgIpc) is 1.96. The molecule has 0 aliphatic heterocycles. The summed E-state index contributed by atoms with van der Waals surface area (Å²) >= 11 is 0. The summed E-state index contributed by atoms with van der Waals surface area (Å²) in [5, 5.41) is 0. The molecule has 0 N–H and O–H groups in total. The SMILES string of the molecule is Cc1cc(C)c(C(C)(C)CC(C)C)c(C)c1. The summed E-state index contributed by atoms with van der Waals surface area (Å²) in [6.45, 7) is 16.0. The van der Waals surface area contributed by atoms with E-state index in [1.807, 2.05) is 0 Å². The third-order valence-electron chi connectivity index (χ3n) is 3.27. The molecule has 0 aliphatic rings. The Balaban J connectivity index is 3.22. The zero-order valence-electron chi connectivity index (χ0n) is 11.9. The molecule has 0 spiro atoms. The summed E-state index contributed by atoms with van der Waals surface area (Å²) < 4.78 is 0. The number of hydrogen-bond donors (Lipinski definition) is 0. The zero-order valence-corrected chi connectivity index (χ0v) is 11.9. The van der Waals surface area contributed by atoms with Crippen LogP contribution in [-0.4, -0.2) is 0 Å². The smallest absolute Gasteiger partial charge is 0.00959 e. The highest BCUT2D eigenvalue weighted by molar-refractivity contribution is 5.42. The second kappa shape index (κ2) is 4.61. The molecule has 0 unspecified atom stereocenters. The van der Waals surface area contributed by atoms with Crippen molar-refractivity contribution in [3.8, 4) is 0 Å². The van der Waals surface area contributed by atoms with E-state index in [9.17, 15) is 0 Å². The predicted octanol–water partition coefficient (Wildman–Crippen LogP) is 4.94. The minimum absolute atomic E-state index is 0.288. The van der Waals surface area contributed by atoms with Crippen LogP contribution in [-0.2, 0) is 5.41 Å². The molecule has 0 radical (unpaired) electrons. The molecule has 90 valence electrons. The lowest BCUT2D eigenvalue weighted by Crippen LogP contribution is -2.22. The van der Waals surface area contributed by atoms with Gasteiger partial charge in [0.2, 0.25) is 0 Å². The molecule has 0 amide bonds. The van der Waals surface area contributed by atoms with E-state index in [-0.39, 0.29) is 5.41 Å². The van der Waals surface area contributed by atoms with Crippen molar-refractivity contribution in [2.75, 3.05) is 0 Å². The molecule has 1 aromatic carbocycles. The molecule has 0 bridgehead atoms. The molecular formula is C16H26. The van der Waals surface area contributed by atoms with Crippen molar-refractivity contribution in [2.45, 2.75) is 60.3 Å². The first-order valence-corrected chi connectivity index (χ1v) is 6.32. The fraction of sp³-hybridized carbons (Fsp3) is 0.625. The van der Waals surface area contributed by atoms with Crippen molar-refractivity contribution < 1.29 is 0 Å². The molecule has 0 saturated carbocycles. The van der Waals surface area contributed by atoms with Crippen LogP contribution in [0.25, 0.3) is 0 Å². The van der Waals surface area contributed by atoms with Crippen molar-refractivity contribution in [3.63, 3.8) is 0 Å². The Kier molecular flexibility index (Phi) is 3.83. The molecule has 0 aromatic heterocycles. The molecule has 0 saturated heterocycles. The Morgan fingerprint density at radius 2 is 1.44 bits per heavy atom. The van der Waals surface area contributed by atoms with Crippen LogP contribution in [0.4, 0.5) is 0 Å². The van der Waals surface area contributed by atoms with E-state index in [0.717, 1.165) is 5.92 Å². The van der Waals surface area contributed by atoms with Gasteiger partial charge in [-0.1, -0.05) is 45.4 Å². The third-order valence-corrected chi connectivity index (χ3v) is 3.27. The van der Waals surface area contributed by atoms with E-state index in [2.05, 4.69) is 60.6 Å². The first-order chi connectivity index (χ1) is 7.24. The second-order valence-electron chi connectivity index (χ2n) is 6.26. The van der Waals surface area contributed by atoms with Crippen LogP contribution in [0, 0.1) is 26.7 Å². The van der Waals surface area contributed by atoms with Gasteiger partial charge in [-0.25, -0.2) is 0 Å². The highest BCUT2D eigenvalue weighted by atomic mass is 14.3. The standard InChI is InChI=1S/C16H26/c1-11(2)10-16(6,7)15-13(4)8-12(3)9-14(15)5/h8-9,11H,10H2,1-7H3. The van der Waals surface area contributed by atoms with Crippen LogP contribution in [0.5, 0.6) is 0 Å². The molecule has 1 rings (SSSR count). The van der Waals surface area contributed by atoms with Gasteiger partial charge in [0.1, 0.15) is 0 Å². The van der Waals surface area contributed by atoms with Crippen LogP contribution < -0.4 is 0 Å². The normalized spacial score (nSPS) is 12.2. The Morgan fingerprint density at radius 3 is 1.81 bits per heavy atom. The van der Waals surface area contributed by atoms with Crippen molar-refractivity contribution in [3.05, 3.63) is 34.4 Å². The largest absolute Gasteiger partial charge is 0.0627 e. The first-order valence-electron chi connectivity index (χ1n) is 6.32. The first kappa shape index (κ1) is 13.3. The van der Waals surface area contributed by atoms with Gasteiger partial charge in [-0.05, 0) is 55.2 Å². The molecule has 0 aliphatic carbocycles. The lowest BCUT2D eigenvalue weighted by atomic mass is 9.74. The van der Waals surface area contributed by atoms with Crippen LogP contribution in [0.2, 0.25) is 0 Å². The van der Waals surface area contributed by atoms with E-state index in [0.29, 0.717) is 0 Å². The van der Waals surface area contributed by atoms with Gasteiger partial charge < -0.3 is 0 Å². The Hall–Kier alpha value is -0.780. The maximum absolute atomic E-state index is 2.37. The van der Waals surface area contributed by atoms with Gasteiger partial charge in [-0.15, -0.1) is 0 Å². The van der Waals surface area contributed by atoms with Crippen molar-refractivity contribution in [1.82, 2.24) is 0 Å². The Labute approximate surface area is 101 Å². The van der Waals surface area contributed by atoms with Crippen molar-refractivity contribution in [1.29, 1.82) is 0 Å². The minimum atomic E-state index is 0.288. The fourth-order valence-electron chi connectivity index (χ4n) is 3.37. The number of benzene rings is 1. The third kappa shape index (κ3) is 2.87. The summed E-state index contributed by atoms with van der Waals surface area (Å²) in [6.07, 6.45) is 1.25. The van der Waals surface area contributed by atoms with E-state index in [1.54, 1.807) is 5.56 Å². The molecule has 0 nitrogen and oxygen atoms in total. The topological polar surface area (TPSA) is 0 Å². The molecule has 0 atom stereocenters.